The van der Waals surface area contributed by atoms with Crippen molar-refractivity contribution in [2.75, 3.05) is 7.11 Å². The molecule has 0 bridgehead atoms. The first kappa shape index (κ1) is 27.6. The Morgan fingerprint density at radius 2 is 1.77 bits per heavy atom. The molecule has 10 heteroatoms. The van der Waals surface area contributed by atoms with Crippen LogP contribution in [0.5, 0.6) is 11.5 Å². The number of aromatic nitrogens is 1. The molecule has 40 heavy (non-hydrogen) atoms. The molecule has 4 aromatic carbocycles. The molecule has 0 fully saturated rings. The van der Waals surface area contributed by atoms with Gasteiger partial charge in [-0.15, -0.1) is 0 Å². The standard InChI is InChI=1S/C30H20Br2ClN3O4/c1-39-22-9-5-8-18(13-22)30(38)40-28-19(12-20(31)14-24(28)32)16-34-36-29(37)27-26(17-6-3-2-4-7-17)23-15-21(33)10-11-25(23)35-27/h2-16,35H,1H3,(H,36,37). The summed E-state index contributed by atoms with van der Waals surface area (Å²) in [5.74, 6) is -0.265. The predicted molar refractivity (Wildman–Crippen MR) is 164 cm³/mol. The van der Waals surface area contributed by atoms with Crippen LogP contribution in [0.1, 0.15) is 26.4 Å². The van der Waals surface area contributed by atoms with Gasteiger partial charge in [0.05, 0.1) is 23.4 Å². The van der Waals surface area contributed by atoms with Crippen molar-refractivity contribution in [2.24, 2.45) is 5.10 Å². The normalized spacial score (nSPS) is 11.1. The number of esters is 1. The molecule has 0 atom stereocenters. The van der Waals surface area contributed by atoms with E-state index in [0.717, 1.165) is 16.5 Å². The van der Waals surface area contributed by atoms with Gasteiger partial charge in [-0.3, -0.25) is 4.79 Å². The van der Waals surface area contributed by atoms with Crippen molar-refractivity contribution in [3.63, 3.8) is 0 Å². The maximum absolute atomic E-state index is 13.3. The zero-order valence-electron chi connectivity index (χ0n) is 20.9. The molecular formula is C30H20Br2ClN3O4. The molecule has 0 aliphatic rings. The van der Waals surface area contributed by atoms with E-state index in [2.05, 4.69) is 47.4 Å². The van der Waals surface area contributed by atoms with E-state index in [0.29, 0.717) is 42.1 Å². The number of fused-ring (bicyclic) bond motifs is 1. The van der Waals surface area contributed by atoms with E-state index in [4.69, 9.17) is 21.1 Å². The highest BCUT2D eigenvalue weighted by molar-refractivity contribution is 9.11. The van der Waals surface area contributed by atoms with Gasteiger partial charge in [0.1, 0.15) is 11.4 Å². The fourth-order valence-corrected chi connectivity index (χ4v) is 5.65. The lowest BCUT2D eigenvalue weighted by atomic mass is 10.0. The van der Waals surface area contributed by atoms with E-state index in [-0.39, 0.29) is 5.75 Å². The van der Waals surface area contributed by atoms with Crippen LogP contribution in [0.25, 0.3) is 22.0 Å². The van der Waals surface area contributed by atoms with E-state index in [1.165, 1.54) is 13.3 Å². The third kappa shape index (κ3) is 5.96. The number of nitrogens with zero attached hydrogens (tertiary/aromatic N) is 1. The van der Waals surface area contributed by atoms with Gasteiger partial charge in [-0.25, -0.2) is 10.2 Å². The lowest BCUT2D eigenvalue weighted by Crippen LogP contribution is -2.19. The van der Waals surface area contributed by atoms with Crippen LogP contribution in [0.2, 0.25) is 5.02 Å². The van der Waals surface area contributed by atoms with E-state index < -0.39 is 11.9 Å². The van der Waals surface area contributed by atoms with Crippen LogP contribution in [0.15, 0.2) is 99.0 Å². The number of aromatic amines is 1. The smallest absolute Gasteiger partial charge is 0.343 e. The number of hydrogen-bond acceptors (Lipinski definition) is 5. The van der Waals surface area contributed by atoms with Gasteiger partial charge in [0.2, 0.25) is 0 Å². The second-order valence-corrected chi connectivity index (χ2v) is 10.8. The molecular weight excluding hydrogens is 662 g/mol. The van der Waals surface area contributed by atoms with Gasteiger partial charge < -0.3 is 14.5 Å². The third-order valence-corrected chi connectivity index (χ3v) is 7.24. The summed E-state index contributed by atoms with van der Waals surface area (Å²) < 4.78 is 12.1. The molecule has 200 valence electrons. The number of methoxy groups -OCH3 is 1. The Labute approximate surface area is 251 Å². The molecule has 5 rings (SSSR count). The number of benzene rings is 4. The molecule has 1 aromatic heterocycles. The highest BCUT2D eigenvalue weighted by Crippen LogP contribution is 2.35. The summed E-state index contributed by atoms with van der Waals surface area (Å²) in [4.78, 5) is 29.4. The van der Waals surface area contributed by atoms with E-state index in [1.807, 2.05) is 42.5 Å². The Morgan fingerprint density at radius 3 is 2.55 bits per heavy atom. The molecule has 0 aliphatic heterocycles. The first-order chi connectivity index (χ1) is 19.3. The summed E-state index contributed by atoms with van der Waals surface area (Å²) in [7, 11) is 1.52. The molecule has 1 heterocycles. The van der Waals surface area contributed by atoms with Crippen molar-refractivity contribution >= 4 is 72.5 Å². The minimum Gasteiger partial charge on any atom is -0.497 e. The molecule has 2 N–H and O–H groups in total. The van der Waals surface area contributed by atoms with Gasteiger partial charge in [-0.1, -0.05) is 63.9 Å². The predicted octanol–water partition coefficient (Wildman–Crippen LogP) is 8.01. The molecule has 7 nitrogen and oxygen atoms in total. The Balaban J connectivity index is 1.43. The van der Waals surface area contributed by atoms with Gasteiger partial charge >= 0.3 is 5.97 Å². The van der Waals surface area contributed by atoms with Gasteiger partial charge in [0, 0.05) is 31.5 Å². The summed E-state index contributed by atoms with van der Waals surface area (Å²) in [6.45, 7) is 0. The molecule has 5 aromatic rings. The van der Waals surface area contributed by atoms with Crippen LogP contribution in [-0.2, 0) is 0 Å². The molecule has 0 radical (unpaired) electrons. The molecule has 1 amide bonds. The lowest BCUT2D eigenvalue weighted by Gasteiger charge is -2.11. The number of carbonyl (C=O) groups is 2. The zero-order valence-corrected chi connectivity index (χ0v) is 24.8. The summed E-state index contributed by atoms with van der Waals surface area (Å²) in [5.41, 5.74) is 6.01. The van der Waals surface area contributed by atoms with Crippen LogP contribution in [0.3, 0.4) is 0 Å². The highest BCUT2D eigenvalue weighted by atomic mass is 79.9. The van der Waals surface area contributed by atoms with Crippen molar-refractivity contribution in [3.8, 4) is 22.6 Å². The summed E-state index contributed by atoms with van der Waals surface area (Å²) >= 11 is 13.2. The quantitative estimate of drug-likeness (QED) is 0.0788. The summed E-state index contributed by atoms with van der Waals surface area (Å²) in [6, 6.07) is 25.1. The number of hydrogen-bond donors (Lipinski definition) is 2. The largest absolute Gasteiger partial charge is 0.497 e. The highest BCUT2D eigenvalue weighted by Gasteiger charge is 2.20. The van der Waals surface area contributed by atoms with Crippen LogP contribution in [0.4, 0.5) is 0 Å². The monoisotopic (exact) mass is 679 g/mol. The number of halogens is 3. The maximum atomic E-state index is 13.3. The fourth-order valence-electron chi connectivity index (χ4n) is 4.14. The Hall–Kier alpha value is -3.92. The molecule has 0 spiro atoms. The van der Waals surface area contributed by atoms with Crippen molar-refractivity contribution in [2.45, 2.75) is 0 Å². The average Bonchev–Trinajstić information content (AvgIpc) is 3.34. The second-order valence-electron chi connectivity index (χ2n) is 8.56. The van der Waals surface area contributed by atoms with Crippen LogP contribution < -0.4 is 14.9 Å². The Kier molecular flexibility index (Phi) is 8.35. The summed E-state index contributed by atoms with van der Waals surface area (Å²) in [6.07, 6.45) is 1.41. The zero-order chi connectivity index (χ0) is 28.2. The Bertz CT molecular complexity index is 1770. The molecule has 0 saturated heterocycles. The minimum atomic E-state index is -0.579. The van der Waals surface area contributed by atoms with Crippen molar-refractivity contribution in [1.29, 1.82) is 0 Å². The first-order valence-corrected chi connectivity index (χ1v) is 13.9. The van der Waals surface area contributed by atoms with Crippen LogP contribution >= 0.6 is 43.5 Å². The van der Waals surface area contributed by atoms with Crippen LogP contribution in [-0.4, -0.2) is 30.2 Å². The minimum absolute atomic E-state index is 0.235. The Morgan fingerprint density at radius 1 is 0.975 bits per heavy atom. The third-order valence-electron chi connectivity index (χ3n) is 5.96. The molecule has 0 unspecified atom stereocenters. The van der Waals surface area contributed by atoms with Crippen LogP contribution in [0, 0.1) is 0 Å². The SMILES string of the molecule is COc1cccc(C(=O)Oc2c(Br)cc(Br)cc2C=NNC(=O)c2[nH]c3ccc(Cl)cc3c2-c2ccccc2)c1. The average molecular weight is 682 g/mol. The summed E-state index contributed by atoms with van der Waals surface area (Å²) in [5, 5.41) is 5.54. The van der Waals surface area contributed by atoms with Gasteiger partial charge in [0.15, 0.2) is 5.75 Å². The maximum Gasteiger partial charge on any atom is 0.343 e. The molecule has 0 aliphatic carbocycles. The topological polar surface area (TPSA) is 92.8 Å². The number of amides is 1. The number of ether oxygens (including phenoxy) is 2. The number of hydrazone groups is 1. The molecule has 0 saturated carbocycles. The van der Waals surface area contributed by atoms with E-state index in [1.54, 1.807) is 42.5 Å². The van der Waals surface area contributed by atoms with E-state index in [9.17, 15) is 9.59 Å². The van der Waals surface area contributed by atoms with Crippen molar-refractivity contribution < 1.29 is 19.1 Å². The number of rotatable bonds is 7. The number of H-pyrrole nitrogens is 1. The number of nitrogens with one attached hydrogen (secondary N) is 2. The van der Waals surface area contributed by atoms with Crippen molar-refractivity contribution in [1.82, 2.24) is 10.4 Å². The van der Waals surface area contributed by atoms with Gasteiger partial charge in [0.25, 0.3) is 5.91 Å². The van der Waals surface area contributed by atoms with Gasteiger partial charge in [-0.2, -0.15) is 5.10 Å². The fraction of sp³-hybridized carbons (Fsp3) is 0.0333. The second kappa shape index (κ2) is 12.1. The van der Waals surface area contributed by atoms with Crippen molar-refractivity contribution in [3.05, 3.63) is 116 Å². The first-order valence-electron chi connectivity index (χ1n) is 11.9. The number of carbonyl (C=O) groups excluding carboxylic acids is 2. The lowest BCUT2D eigenvalue weighted by molar-refractivity contribution is 0.0732. The van der Waals surface area contributed by atoms with E-state index >= 15 is 0 Å². The van der Waals surface area contributed by atoms with Gasteiger partial charge in [-0.05, 0) is 70.0 Å².